The number of aromatic nitrogens is 1. The summed E-state index contributed by atoms with van der Waals surface area (Å²) in [5, 5.41) is 3.81. The van der Waals surface area contributed by atoms with Crippen LogP contribution in [0.2, 0.25) is 0 Å². The molecule has 0 bridgehead atoms. The second kappa shape index (κ2) is 7.10. The first-order valence-corrected chi connectivity index (χ1v) is 9.02. The largest absolute Gasteiger partial charge is 0.322 e. The number of para-hydroxylation sites is 1. The maximum absolute atomic E-state index is 13.0. The maximum atomic E-state index is 13.0. The number of anilines is 1. The molecule has 1 heterocycles. The minimum Gasteiger partial charge on any atom is -0.322 e. The van der Waals surface area contributed by atoms with Crippen molar-refractivity contribution in [2.24, 2.45) is 0 Å². The molecule has 0 aliphatic heterocycles. The molecule has 4 aromatic rings. The van der Waals surface area contributed by atoms with Gasteiger partial charge in [0, 0.05) is 21.1 Å². The van der Waals surface area contributed by atoms with E-state index in [1.54, 1.807) is 0 Å². The fraction of sp³-hybridized carbons (Fsp3) is 0. The lowest BCUT2D eigenvalue weighted by Crippen LogP contribution is -2.13. The van der Waals surface area contributed by atoms with Gasteiger partial charge >= 0.3 is 0 Å². The van der Waals surface area contributed by atoms with Crippen molar-refractivity contribution in [2.45, 2.75) is 0 Å². The normalized spacial score (nSPS) is 10.7. The van der Waals surface area contributed by atoms with E-state index in [1.165, 1.54) is 0 Å². The van der Waals surface area contributed by atoms with Gasteiger partial charge in [-0.3, -0.25) is 4.79 Å². The zero-order valence-electron chi connectivity index (χ0n) is 13.8. The summed E-state index contributed by atoms with van der Waals surface area (Å²) in [6, 6.07) is 27.0. The van der Waals surface area contributed by atoms with Crippen LogP contribution < -0.4 is 5.32 Å². The molecule has 1 aromatic heterocycles. The van der Waals surface area contributed by atoms with Crippen LogP contribution >= 0.6 is 15.9 Å². The summed E-state index contributed by atoms with van der Waals surface area (Å²) in [6.07, 6.45) is 0. The minimum atomic E-state index is -0.154. The monoisotopic (exact) mass is 402 g/mol. The molecule has 1 N–H and O–H groups in total. The predicted octanol–water partition coefficient (Wildman–Crippen LogP) is 5.92. The molecule has 0 aliphatic rings. The fourth-order valence-corrected chi connectivity index (χ4v) is 3.28. The molecule has 0 unspecified atom stereocenters. The molecule has 26 heavy (non-hydrogen) atoms. The van der Waals surface area contributed by atoms with Gasteiger partial charge < -0.3 is 5.32 Å². The second-order valence-electron chi connectivity index (χ2n) is 5.90. The molecule has 4 rings (SSSR count). The quantitative estimate of drug-likeness (QED) is 0.462. The number of hydrogen-bond donors (Lipinski definition) is 1. The number of rotatable bonds is 3. The van der Waals surface area contributed by atoms with Gasteiger partial charge in [0.2, 0.25) is 0 Å². The van der Waals surface area contributed by atoms with Crippen LogP contribution in [0.3, 0.4) is 0 Å². The standard InChI is InChI=1S/C22H15BrN2O/c23-16-9-6-10-17(13-16)24-22(26)19-14-21(15-7-2-1-3-8-15)25-20-12-5-4-11-18(19)20/h1-14H,(H,24,26). The summed E-state index contributed by atoms with van der Waals surface area (Å²) in [4.78, 5) is 17.7. The van der Waals surface area contributed by atoms with Crippen molar-refractivity contribution in [1.82, 2.24) is 4.98 Å². The lowest BCUT2D eigenvalue weighted by molar-refractivity contribution is 0.102. The Morgan fingerprint density at radius 1 is 0.846 bits per heavy atom. The zero-order chi connectivity index (χ0) is 17.9. The van der Waals surface area contributed by atoms with Gasteiger partial charge in [-0.05, 0) is 30.3 Å². The average molecular weight is 403 g/mol. The number of halogens is 1. The summed E-state index contributed by atoms with van der Waals surface area (Å²) < 4.78 is 0.917. The first-order valence-electron chi connectivity index (χ1n) is 8.23. The van der Waals surface area contributed by atoms with Gasteiger partial charge in [-0.15, -0.1) is 0 Å². The van der Waals surface area contributed by atoms with E-state index in [9.17, 15) is 4.79 Å². The van der Waals surface area contributed by atoms with Crippen LogP contribution in [-0.2, 0) is 0 Å². The van der Waals surface area contributed by atoms with Gasteiger partial charge in [0.05, 0.1) is 16.8 Å². The number of nitrogens with one attached hydrogen (secondary N) is 1. The molecule has 0 atom stereocenters. The molecule has 0 saturated heterocycles. The minimum absolute atomic E-state index is 0.154. The van der Waals surface area contributed by atoms with Crippen molar-refractivity contribution in [3.05, 3.63) is 95.0 Å². The lowest BCUT2D eigenvalue weighted by Gasteiger charge is -2.11. The smallest absolute Gasteiger partial charge is 0.256 e. The highest BCUT2D eigenvalue weighted by Gasteiger charge is 2.14. The molecule has 0 spiro atoms. The molecule has 0 saturated carbocycles. The van der Waals surface area contributed by atoms with E-state index in [4.69, 9.17) is 4.98 Å². The summed E-state index contributed by atoms with van der Waals surface area (Å²) in [5.41, 5.74) is 3.91. The van der Waals surface area contributed by atoms with Crippen LogP contribution in [-0.4, -0.2) is 10.9 Å². The SMILES string of the molecule is O=C(Nc1cccc(Br)c1)c1cc(-c2ccccc2)nc2ccccc12. The summed E-state index contributed by atoms with van der Waals surface area (Å²) in [6.45, 7) is 0. The Morgan fingerprint density at radius 2 is 1.62 bits per heavy atom. The molecule has 0 aliphatic carbocycles. The summed E-state index contributed by atoms with van der Waals surface area (Å²) >= 11 is 3.43. The first-order chi connectivity index (χ1) is 12.7. The van der Waals surface area contributed by atoms with Crippen LogP contribution in [0.1, 0.15) is 10.4 Å². The van der Waals surface area contributed by atoms with E-state index >= 15 is 0 Å². The first kappa shape index (κ1) is 16.5. The van der Waals surface area contributed by atoms with Crippen LogP contribution in [0, 0.1) is 0 Å². The van der Waals surface area contributed by atoms with E-state index in [-0.39, 0.29) is 5.91 Å². The molecule has 1 amide bonds. The Bertz CT molecular complexity index is 1090. The van der Waals surface area contributed by atoms with E-state index in [0.29, 0.717) is 5.56 Å². The molecule has 0 radical (unpaired) electrons. The fourth-order valence-electron chi connectivity index (χ4n) is 2.88. The third-order valence-corrected chi connectivity index (χ3v) is 4.61. The molecule has 126 valence electrons. The maximum Gasteiger partial charge on any atom is 0.256 e. The topological polar surface area (TPSA) is 42.0 Å². The number of carbonyl (C=O) groups excluding carboxylic acids is 1. The highest BCUT2D eigenvalue weighted by Crippen LogP contribution is 2.26. The van der Waals surface area contributed by atoms with Crippen LogP contribution in [0.25, 0.3) is 22.2 Å². The number of nitrogens with zero attached hydrogens (tertiary/aromatic N) is 1. The van der Waals surface area contributed by atoms with Crippen LogP contribution in [0.5, 0.6) is 0 Å². The Kier molecular flexibility index (Phi) is 4.50. The Hall–Kier alpha value is -2.98. The second-order valence-corrected chi connectivity index (χ2v) is 6.82. The van der Waals surface area contributed by atoms with Gasteiger partial charge in [0.25, 0.3) is 5.91 Å². The number of pyridine rings is 1. The molecular weight excluding hydrogens is 388 g/mol. The van der Waals surface area contributed by atoms with Crippen molar-refractivity contribution in [2.75, 3.05) is 5.32 Å². The van der Waals surface area contributed by atoms with Gasteiger partial charge in [-0.1, -0.05) is 70.5 Å². The highest BCUT2D eigenvalue weighted by molar-refractivity contribution is 9.10. The van der Waals surface area contributed by atoms with Gasteiger partial charge in [0.1, 0.15) is 0 Å². The van der Waals surface area contributed by atoms with E-state index in [0.717, 1.165) is 32.3 Å². The lowest BCUT2D eigenvalue weighted by atomic mass is 10.0. The Balaban J connectivity index is 1.81. The number of amides is 1. The van der Waals surface area contributed by atoms with Crippen molar-refractivity contribution in [3.63, 3.8) is 0 Å². The predicted molar refractivity (Wildman–Crippen MR) is 109 cm³/mol. The highest BCUT2D eigenvalue weighted by atomic mass is 79.9. The number of hydrogen-bond acceptors (Lipinski definition) is 2. The van der Waals surface area contributed by atoms with Crippen molar-refractivity contribution >= 4 is 38.4 Å². The van der Waals surface area contributed by atoms with Crippen molar-refractivity contribution in [1.29, 1.82) is 0 Å². The molecule has 4 heteroatoms. The van der Waals surface area contributed by atoms with Crippen LogP contribution in [0.15, 0.2) is 89.4 Å². The van der Waals surface area contributed by atoms with Crippen molar-refractivity contribution in [3.8, 4) is 11.3 Å². The molecule has 0 fully saturated rings. The van der Waals surface area contributed by atoms with Crippen molar-refractivity contribution < 1.29 is 4.79 Å². The summed E-state index contributed by atoms with van der Waals surface area (Å²) in [7, 11) is 0. The Morgan fingerprint density at radius 3 is 2.42 bits per heavy atom. The van der Waals surface area contributed by atoms with E-state index in [2.05, 4.69) is 21.2 Å². The zero-order valence-corrected chi connectivity index (χ0v) is 15.4. The Labute approximate surface area is 159 Å². The summed E-state index contributed by atoms with van der Waals surface area (Å²) in [5.74, 6) is -0.154. The van der Waals surface area contributed by atoms with E-state index in [1.807, 2.05) is 84.9 Å². The van der Waals surface area contributed by atoms with Crippen LogP contribution in [0.4, 0.5) is 5.69 Å². The molecule has 3 aromatic carbocycles. The van der Waals surface area contributed by atoms with Gasteiger partial charge in [-0.2, -0.15) is 0 Å². The number of carbonyl (C=O) groups is 1. The number of benzene rings is 3. The third-order valence-electron chi connectivity index (χ3n) is 4.11. The third kappa shape index (κ3) is 3.37. The molecule has 3 nitrogen and oxygen atoms in total. The van der Waals surface area contributed by atoms with Gasteiger partial charge in [0.15, 0.2) is 0 Å². The number of fused-ring (bicyclic) bond motifs is 1. The molecular formula is C22H15BrN2O. The van der Waals surface area contributed by atoms with Gasteiger partial charge in [-0.25, -0.2) is 4.98 Å². The van der Waals surface area contributed by atoms with E-state index < -0.39 is 0 Å². The average Bonchev–Trinajstić information content (AvgIpc) is 2.68.